The zero-order valence-electron chi connectivity index (χ0n) is 19.6. The minimum absolute atomic E-state index is 0.836. The molecule has 2 aliphatic carbocycles. The molecule has 0 aromatic heterocycles. The monoisotopic (exact) mass is 399 g/mol. The highest BCUT2D eigenvalue weighted by atomic mass is 14.9. The molecule has 0 aliphatic heterocycles. The van der Waals surface area contributed by atoms with Gasteiger partial charge in [0.2, 0.25) is 0 Å². The number of nitrogens with one attached hydrogen (secondary N) is 1. The van der Waals surface area contributed by atoms with Crippen LogP contribution >= 0.6 is 0 Å². The molecule has 3 unspecified atom stereocenters. The molecule has 0 saturated heterocycles. The van der Waals surface area contributed by atoms with Gasteiger partial charge in [0.1, 0.15) is 0 Å². The first-order valence-corrected chi connectivity index (χ1v) is 13.0. The lowest BCUT2D eigenvalue weighted by Crippen LogP contribution is -2.18. The van der Waals surface area contributed by atoms with E-state index < -0.39 is 0 Å². The van der Waals surface area contributed by atoms with E-state index in [0.717, 1.165) is 36.6 Å². The molecule has 3 atom stereocenters. The van der Waals surface area contributed by atoms with Crippen LogP contribution in [0.2, 0.25) is 0 Å². The van der Waals surface area contributed by atoms with Crippen molar-refractivity contribution >= 4 is 0 Å². The van der Waals surface area contributed by atoms with Gasteiger partial charge in [0, 0.05) is 12.2 Å². The van der Waals surface area contributed by atoms with Gasteiger partial charge < -0.3 is 5.32 Å². The Kier molecular flexibility index (Phi) is 12.5. The fourth-order valence-electron chi connectivity index (χ4n) is 5.40. The topological polar surface area (TPSA) is 12.0 Å². The normalized spacial score (nSPS) is 24.2. The maximum atomic E-state index is 4.25. The molecule has 1 heteroatoms. The van der Waals surface area contributed by atoms with E-state index in [9.17, 15) is 0 Å². The molecule has 166 valence electrons. The zero-order chi connectivity index (χ0) is 20.7. The molecule has 2 rings (SSSR count). The highest BCUT2D eigenvalue weighted by Crippen LogP contribution is 2.32. The lowest BCUT2D eigenvalue weighted by Gasteiger charge is -2.26. The molecule has 0 heterocycles. The zero-order valence-corrected chi connectivity index (χ0v) is 19.6. The Bertz CT molecular complexity index is 483. The van der Waals surface area contributed by atoms with Crippen molar-refractivity contribution in [3.8, 4) is 0 Å². The Morgan fingerprint density at radius 2 is 1.72 bits per heavy atom. The summed E-state index contributed by atoms with van der Waals surface area (Å²) in [7, 11) is 0. The molecule has 0 aromatic carbocycles. The molecule has 0 saturated carbocycles. The summed E-state index contributed by atoms with van der Waals surface area (Å²) in [5, 5.41) is 3.58. The molecule has 29 heavy (non-hydrogen) atoms. The van der Waals surface area contributed by atoms with Crippen molar-refractivity contribution in [2.45, 2.75) is 110 Å². The standard InChI is InChI=1S/C28H49N/c1-4-11-27(12-5-2)23-28-19-17-26(18-20-28)16-10-9-13-24(3)29-22-21-25-14-7-6-8-15-25/h6-7,17,19,25-29H,3-5,8-16,18,20-23H2,1-2H3. The molecule has 0 fully saturated rings. The van der Waals surface area contributed by atoms with Crippen molar-refractivity contribution in [2.24, 2.45) is 23.7 Å². The highest BCUT2D eigenvalue weighted by molar-refractivity contribution is 4.99. The minimum atomic E-state index is 0.836. The van der Waals surface area contributed by atoms with Crippen molar-refractivity contribution in [2.75, 3.05) is 6.54 Å². The van der Waals surface area contributed by atoms with Crippen LogP contribution < -0.4 is 5.32 Å². The van der Waals surface area contributed by atoms with E-state index in [0.29, 0.717) is 0 Å². The maximum absolute atomic E-state index is 4.25. The van der Waals surface area contributed by atoms with Crippen molar-refractivity contribution < 1.29 is 0 Å². The average molecular weight is 400 g/mol. The summed E-state index contributed by atoms with van der Waals surface area (Å²) in [6.07, 6.45) is 30.1. The van der Waals surface area contributed by atoms with E-state index in [1.807, 2.05) is 0 Å². The highest BCUT2D eigenvalue weighted by Gasteiger charge is 2.19. The van der Waals surface area contributed by atoms with Gasteiger partial charge in [-0.15, -0.1) is 0 Å². The van der Waals surface area contributed by atoms with E-state index in [1.165, 1.54) is 95.6 Å². The molecule has 0 bridgehead atoms. The van der Waals surface area contributed by atoms with Crippen LogP contribution in [0, 0.1) is 23.7 Å². The second-order valence-corrected chi connectivity index (χ2v) is 9.88. The van der Waals surface area contributed by atoms with Crippen molar-refractivity contribution in [1.29, 1.82) is 0 Å². The Labute approximate surface area is 182 Å². The summed E-state index contributed by atoms with van der Waals surface area (Å²) in [5.74, 6) is 3.55. The SMILES string of the molecule is C=C(CCCCC1C=CC(CC(CCC)CCC)CC1)NCCC1CC=CCC1. The number of rotatable bonds is 15. The Morgan fingerprint density at radius 3 is 2.38 bits per heavy atom. The van der Waals surface area contributed by atoms with E-state index in [1.54, 1.807) is 0 Å². The van der Waals surface area contributed by atoms with Crippen LogP contribution in [0.1, 0.15) is 110 Å². The van der Waals surface area contributed by atoms with Gasteiger partial charge >= 0.3 is 0 Å². The van der Waals surface area contributed by atoms with Gasteiger partial charge in [0.15, 0.2) is 0 Å². The van der Waals surface area contributed by atoms with Crippen molar-refractivity contribution in [3.63, 3.8) is 0 Å². The summed E-state index contributed by atoms with van der Waals surface area (Å²) >= 11 is 0. The van der Waals surface area contributed by atoms with Gasteiger partial charge in [-0.25, -0.2) is 0 Å². The van der Waals surface area contributed by atoms with Crippen LogP contribution in [0.4, 0.5) is 0 Å². The van der Waals surface area contributed by atoms with E-state index in [-0.39, 0.29) is 0 Å². The molecule has 0 radical (unpaired) electrons. The predicted molar refractivity (Wildman–Crippen MR) is 130 cm³/mol. The number of unbranched alkanes of at least 4 members (excludes halogenated alkanes) is 1. The quantitative estimate of drug-likeness (QED) is 0.215. The van der Waals surface area contributed by atoms with Crippen LogP contribution in [0.25, 0.3) is 0 Å². The molecule has 0 aromatic rings. The average Bonchev–Trinajstić information content (AvgIpc) is 2.73. The molecule has 0 spiro atoms. The first-order chi connectivity index (χ1) is 14.2. The van der Waals surface area contributed by atoms with Crippen LogP contribution in [-0.4, -0.2) is 6.54 Å². The van der Waals surface area contributed by atoms with E-state index in [2.05, 4.69) is 50.0 Å². The third kappa shape index (κ3) is 10.6. The van der Waals surface area contributed by atoms with E-state index in [4.69, 9.17) is 0 Å². The Hall–Kier alpha value is -0.980. The van der Waals surface area contributed by atoms with Gasteiger partial charge in [-0.2, -0.15) is 0 Å². The smallest absolute Gasteiger partial charge is 0.0146 e. The summed E-state index contributed by atoms with van der Waals surface area (Å²) in [4.78, 5) is 0. The predicted octanol–water partition coefficient (Wildman–Crippen LogP) is 8.59. The number of hydrogen-bond donors (Lipinski definition) is 1. The lowest BCUT2D eigenvalue weighted by atomic mass is 9.79. The summed E-state index contributed by atoms with van der Waals surface area (Å²) in [6, 6.07) is 0. The van der Waals surface area contributed by atoms with Crippen LogP contribution in [0.3, 0.4) is 0 Å². The summed E-state index contributed by atoms with van der Waals surface area (Å²) in [6.45, 7) is 10.0. The third-order valence-corrected chi connectivity index (χ3v) is 7.20. The molecule has 1 nitrogen and oxygen atoms in total. The molecular weight excluding hydrogens is 350 g/mol. The van der Waals surface area contributed by atoms with E-state index >= 15 is 0 Å². The Morgan fingerprint density at radius 1 is 0.966 bits per heavy atom. The first kappa shape index (κ1) is 24.3. The van der Waals surface area contributed by atoms with Crippen molar-refractivity contribution in [3.05, 3.63) is 36.6 Å². The van der Waals surface area contributed by atoms with Crippen LogP contribution in [0.5, 0.6) is 0 Å². The Balaban J connectivity index is 1.51. The van der Waals surface area contributed by atoms with Gasteiger partial charge in [0.05, 0.1) is 0 Å². The summed E-state index contributed by atoms with van der Waals surface area (Å²) < 4.78 is 0. The molecular formula is C28H49N. The van der Waals surface area contributed by atoms with Crippen LogP contribution in [0.15, 0.2) is 36.6 Å². The second kappa shape index (κ2) is 14.9. The van der Waals surface area contributed by atoms with Gasteiger partial charge in [-0.3, -0.25) is 0 Å². The maximum Gasteiger partial charge on any atom is 0.0146 e. The fraction of sp³-hybridized carbons (Fsp3) is 0.786. The lowest BCUT2D eigenvalue weighted by molar-refractivity contribution is 0.325. The summed E-state index contributed by atoms with van der Waals surface area (Å²) in [5.41, 5.74) is 1.26. The minimum Gasteiger partial charge on any atom is -0.389 e. The number of hydrogen-bond acceptors (Lipinski definition) is 1. The molecule has 2 aliphatic rings. The van der Waals surface area contributed by atoms with Gasteiger partial charge in [0.25, 0.3) is 0 Å². The molecule has 1 N–H and O–H groups in total. The number of allylic oxidation sites excluding steroid dienone is 5. The fourth-order valence-corrected chi connectivity index (χ4v) is 5.40. The van der Waals surface area contributed by atoms with Gasteiger partial charge in [-0.05, 0) is 87.9 Å². The second-order valence-electron chi connectivity index (χ2n) is 9.88. The van der Waals surface area contributed by atoms with Gasteiger partial charge in [-0.1, -0.05) is 76.8 Å². The van der Waals surface area contributed by atoms with Crippen LogP contribution in [-0.2, 0) is 0 Å². The first-order valence-electron chi connectivity index (χ1n) is 13.0. The molecule has 0 amide bonds. The third-order valence-electron chi connectivity index (χ3n) is 7.20. The van der Waals surface area contributed by atoms with Crippen molar-refractivity contribution in [1.82, 2.24) is 5.32 Å². The largest absolute Gasteiger partial charge is 0.389 e.